The summed E-state index contributed by atoms with van der Waals surface area (Å²) in [7, 11) is 0. The Bertz CT molecular complexity index is 654. The molecule has 1 amide bonds. The highest BCUT2D eigenvalue weighted by Crippen LogP contribution is 2.20. The number of carbonyl (C=O) groups excluding carboxylic acids is 1. The summed E-state index contributed by atoms with van der Waals surface area (Å²) in [6, 6.07) is 13.0. The van der Waals surface area contributed by atoms with Gasteiger partial charge in [-0.05, 0) is 25.1 Å². The molecule has 0 saturated carbocycles. The monoisotopic (exact) mass is 312 g/mol. The van der Waals surface area contributed by atoms with Gasteiger partial charge >= 0.3 is 0 Å². The standard InChI is InChI=1S/C18H20N2O3/c1-2-20(15-6-4-3-5-7-15)18(21)14-8-10-19-17(12-14)23-16-9-11-22-13-16/h3-8,10,12,16H,2,9,11,13H2,1H3. The van der Waals surface area contributed by atoms with Crippen LogP contribution in [0.3, 0.4) is 0 Å². The summed E-state index contributed by atoms with van der Waals surface area (Å²) in [6.07, 6.45) is 2.48. The highest BCUT2D eigenvalue weighted by Gasteiger charge is 2.20. The van der Waals surface area contributed by atoms with E-state index in [4.69, 9.17) is 9.47 Å². The van der Waals surface area contributed by atoms with Crippen LogP contribution in [-0.2, 0) is 4.74 Å². The van der Waals surface area contributed by atoms with Crippen molar-refractivity contribution < 1.29 is 14.3 Å². The zero-order valence-corrected chi connectivity index (χ0v) is 13.1. The van der Waals surface area contributed by atoms with Gasteiger partial charge in [0.15, 0.2) is 0 Å². The Labute approximate surface area is 135 Å². The number of hydrogen-bond acceptors (Lipinski definition) is 4. The van der Waals surface area contributed by atoms with Crippen LogP contribution in [-0.4, -0.2) is 36.8 Å². The SMILES string of the molecule is CCN(C(=O)c1ccnc(OC2CCOC2)c1)c1ccccc1. The number of amides is 1. The van der Waals surface area contributed by atoms with Crippen LogP contribution >= 0.6 is 0 Å². The third kappa shape index (κ3) is 3.68. The maximum atomic E-state index is 12.8. The van der Waals surface area contributed by atoms with Crippen molar-refractivity contribution in [3.05, 3.63) is 54.2 Å². The van der Waals surface area contributed by atoms with E-state index in [9.17, 15) is 4.79 Å². The second-order valence-electron chi connectivity index (χ2n) is 5.37. The van der Waals surface area contributed by atoms with Gasteiger partial charge in [0.25, 0.3) is 5.91 Å². The van der Waals surface area contributed by atoms with Crippen LogP contribution in [0.1, 0.15) is 23.7 Å². The summed E-state index contributed by atoms with van der Waals surface area (Å²) in [4.78, 5) is 18.7. The molecular weight excluding hydrogens is 292 g/mol. The van der Waals surface area contributed by atoms with Crippen molar-refractivity contribution in [2.45, 2.75) is 19.4 Å². The van der Waals surface area contributed by atoms with Crippen LogP contribution in [0.5, 0.6) is 5.88 Å². The molecule has 1 aliphatic heterocycles. The number of ether oxygens (including phenoxy) is 2. The van der Waals surface area contributed by atoms with E-state index in [0.29, 0.717) is 31.2 Å². The molecular formula is C18H20N2O3. The molecule has 1 saturated heterocycles. The third-order valence-corrected chi connectivity index (χ3v) is 3.79. The lowest BCUT2D eigenvalue weighted by Gasteiger charge is -2.21. The molecule has 1 aliphatic rings. The predicted molar refractivity (Wildman–Crippen MR) is 87.9 cm³/mol. The molecule has 5 heteroatoms. The lowest BCUT2D eigenvalue weighted by molar-refractivity contribution is 0.0986. The minimum Gasteiger partial charge on any atom is -0.472 e. The van der Waals surface area contributed by atoms with E-state index in [-0.39, 0.29) is 12.0 Å². The smallest absolute Gasteiger partial charge is 0.258 e. The fourth-order valence-corrected chi connectivity index (χ4v) is 2.59. The molecule has 1 atom stereocenters. The molecule has 0 aliphatic carbocycles. The first-order chi connectivity index (χ1) is 11.3. The van der Waals surface area contributed by atoms with Gasteiger partial charge in [-0.2, -0.15) is 0 Å². The summed E-state index contributed by atoms with van der Waals surface area (Å²) in [5.41, 5.74) is 1.45. The average Bonchev–Trinajstić information content (AvgIpc) is 3.10. The van der Waals surface area contributed by atoms with E-state index in [0.717, 1.165) is 12.1 Å². The number of para-hydroxylation sites is 1. The van der Waals surface area contributed by atoms with E-state index in [1.807, 2.05) is 37.3 Å². The van der Waals surface area contributed by atoms with Gasteiger partial charge < -0.3 is 14.4 Å². The van der Waals surface area contributed by atoms with Crippen molar-refractivity contribution in [2.24, 2.45) is 0 Å². The van der Waals surface area contributed by atoms with Crippen LogP contribution in [0.25, 0.3) is 0 Å². The number of nitrogens with zero attached hydrogens (tertiary/aromatic N) is 2. The number of hydrogen-bond donors (Lipinski definition) is 0. The van der Waals surface area contributed by atoms with Crippen LogP contribution in [0.2, 0.25) is 0 Å². The minimum atomic E-state index is -0.0615. The maximum absolute atomic E-state index is 12.8. The molecule has 2 heterocycles. The molecule has 0 bridgehead atoms. The summed E-state index contributed by atoms with van der Waals surface area (Å²) < 4.78 is 11.1. The van der Waals surface area contributed by atoms with Crippen LogP contribution in [0.4, 0.5) is 5.69 Å². The molecule has 0 radical (unpaired) electrons. The molecule has 1 unspecified atom stereocenters. The van der Waals surface area contributed by atoms with Crippen molar-refractivity contribution in [3.8, 4) is 5.88 Å². The topological polar surface area (TPSA) is 51.7 Å². The molecule has 120 valence electrons. The molecule has 1 fully saturated rings. The van der Waals surface area contributed by atoms with Crippen LogP contribution < -0.4 is 9.64 Å². The maximum Gasteiger partial charge on any atom is 0.258 e. The van der Waals surface area contributed by atoms with Gasteiger partial charge in [0.05, 0.1) is 13.2 Å². The van der Waals surface area contributed by atoms with Crippen LogP contribution in [0, 0.1) is 0 Å². The number of pyridine rings is 1. The average molecular weight is 312 g/mol. The lowest BCUT2D eigenvalue weighted by Crippen LogP contribution is -2.30. The van der Waals surface area contributed by atoms with E-state index in [1.165, 1.54) is 0 Å². The predicted octanol–water partition coefficient (Wildman–Crippen LogP) is 2.92. The number of aromatic nitrogens is 1. The molecule has 3 rings (SSSR count). The number of rotatable bonds is 5. The Morgan fingerprint density at radius 1 is 1.35 bits per heavy atom. The van der Waals surface area contributed by atoms with E-state index in [1.54, 1.807) is 23.2 Å². The van der Waals surface area contributed by atoms with Crippen LogP contribution in [0.15, 0.2) is 48.7 Å². The molecule has 1 aromatic carbocycles. The summed E-state index contributed by atoms with van der Waals surface area (Å²) >= 11 is 0. The van der Waals surface area contributed by atoms with Gasteiger partial charge in [-0.3, -0.25) is 4.79 Å². The number of benzene rings is 1. The minimum absolute atomic E-state index is 0.0178. The molecule has 0 spiro atoms. The van der Waals surface area contributed by atoms with Crippen molar-refractivity contribution in [2.75, 3.05) is 24.7 Å². The first-order valence-corrected chi connectivity index (χ1v) is 7.85. The van der Waals surface area contributed by atoms with Gasteiger partial charge in [-0.1, -0.05) is 18.2 Å². The Balaban J connectivity index is 1.78. The molecule has 23 heavy (non-hydrogen) atoms. The highest BCUT2D eigenvalue weighted by molar-refractivity contribution is 6.06. The Hall–Kier alpha value is -2.40. The normalized spacial score (nSPS) is 17.0. The number of carbonyl (C=O) groups is 1. The van der Waals surface area contributed by atoms with E-state index < -0.39 is 0 Å². The third-order valence-electron chi connectivity index (χ3n) is 3.79. The second kappa shape index (κ2) is 7.24. The Morgan fingerprint density at radius 2 is 2.17 bits per heavy atom. The molecule has 0 N–H and O–H groups in total. The summed E-state index contributed by atoms with van der Waals surface area (Å²) in [5, 5.41) is 0. The molecule has 2 aromatic rings. The van der Waals surface area contributed by atoms with Gasteiger partial charge in [-0.15, -0.1) is 0 Å². The van der Waals surface area contributed by atoms with Gasteiger partial charge in [0.2, 0.25) is 5.88 Å². The summed E-state index contributed by atoms with van der Waals surface area (Å²) in [5.74, 6) is 0.407. The lowest BCUT2D eigenvalue weighted by atomic mass is 10.2. The largest absolute Gasteiger partial charge is 0.472 e. The van der Waals surface area contributed by atoms with Crippen molar-refractivity contribution in [1.82, 2.24) is 4.98 Å². The van der Waals surface area contributed by atoms with Crippen molar-refractivity contribution >= 4 is 11.6 Å². The van der Waals surface area contributed by atoms with Crippen molar-refractivity contribution in [3.63, 3.8) is 0 Å². The zero-order chi connectivity index (χ0) is 16.1. The molecule has 1 aromatic heterocycles. The first-order valence-electron chi connectivity index (χ1n) is 7.85. The Morgan fingerprint density at radius 3 is 2.87 bits per heavy atom. The fourth-order valence-electron chi connectivity index (χ4n) is 2.59. The fraction of sp³-hybridized carbons (Fsp3) is 0.333. The quantitative estimate of drug-likeness (QED) is 0.852. The van der Waals surface area contributed by atoms with Gasteiger partial charge in [0.1, 0.15) is 6.10 Å². The van der Waals surface area contributed by atoms with Gasteiger partial charge in [-0.25, -0.2) is 4.98 Å². The van der Waals surface area contributed by atoms with E-state index >= 15 is 0 Å². The second-order valence-corrected chi connectivity index (χ2v) is 5.37. The number of anilines is 1. The molecule has 5 nitrogen and oxygen atoms in total. The highest BCUT2D eigenvalue weighted by atomic mass is 16.5. The van der Waals surface area contributed by atoms with Gasteiger partial charge in [0, 0.05) is 36.5 Å². The van der Waals surface area contributed by atoms with Crippen molar-refractivity contribution in [1.29, 1.82) is 0 Å². The van der Waals surface area contributed by atoms with E-state index in [2.05, 4.69) is 4.98 Å². The zero-order valence-electron chi connectivity index (χ0n) is 13.1. The summed E-state index contributed by atoms with van der Waals surface area (Å²) in [6.45, 7) is 3.84. The first kappa shape index (κ1) is 15.5. The Kier molecular flexibility index (Phi) is 4.88.